The number of guanidine groups is 1. The maximum absolute atomic E-state index is 6.12. The average molecular weight is 394 g/mol. The Bertz CT molecular complexity index is 300. The summed E-state index contributed by atoms with van der Waals surface area (Å²) in [7, 11) is 0. The molecule has 2 aliphatic heterocycles. The standard InChI is InChI=1S/C15H30N4.HI/c1-13(2)19-10-6-7-14(12-19)11-17-15(16)18-8-4-3-5-9-18;/h13-14H,3-12H2,1-2H3,(H2,16,17);1H. The lowest BCUT2D eigenvalue weighted by Gasteiger charge is -2.35. The molecule has 0 radical (unpaired) electrons. The third kappa shape index (κ3) is 5.39. The zero-order chi connectivity index (χ0) is 13.7. The molecule has 118 valence electrons. The molecule has 2 saturated heterocycles. The lowest BCUT2D eigenvalue weighted by molar-refractivity contribution is 0.143. The van der Waals surface area contributed by atoms with Crippen LogP contribution in [0, 0.1) is 5.92 Å². The molecule has 0 aromatic heterocycles. The van der Waals surface area contributed by atoms with Crippen molar-refractivity contribution < 1.29 is 0 Å². The van der Waals surface area contributed by atoms with Crippen LogP contribution in [0.25, 0.3) is 0 Å². The molecule has 0 aromatic carbocycles. The summed E-state index contributed by atoms with van der Waals surface area (Å²) in [6, 6.07) is 0.659. The maximum Gasteiger partial charge on any atom is 0.191 e. The molecular formula is C15H31IN4. The van der Waals surface area contributed by atoms with Crippen LogP contribution in [0.5, 0.6) is 0 Å². The zero-order valence-electron chi connectivity index (χ0n) is 13.1. The fourth-order valence-corrected chi connectivity index (χ4v) is 3.16. The number of halogens is 1. The van der Waals surface area contributed by atoms with Crippen molar-refractivity contribution in [2.24, 2.45) is 16.6 Å². The van der Waals surface area contributed by atoms with Crippen LogP contribution in [0.15, 0.2) is 4.99 Å². The predicted molar refractivity (Wildman–Crippen MR) is 96.8 cm³/mol. The fraction of sp³-hybridized carbons (Fsp3) is 0.933. The molecule has 4 nitrogen and oxygen atoms in total. The maximum atomic E-state index is 6.12. The molecule has 1 unspecified atom stereocenters. The Balaban J connectivity index is 0.00000200. The Morgan fingerprint density at radius 2 is 1.85 bits per heavy atom. The Kier molecular flexibility index (Phi) is 8.17. The van der Waals surface area contributed by atoms with Crippen molar-refractivity contribution in [1.82, 2.24) is 9.80 Å². The van der Waals surface area contributed by atoms with Crippen LogP contribution in [-0.2, 0) is 0 Å². The molecule has 0 bridgehead atoms. The summed E-state index contributed by atoms with van der Waals surface area (Å²) in [5, 5.41) is 0. The van der Waals surface area contributed by atoms with Crippen molar-refractivity contribution >= 4 is 29.9 Å². The summed E-state index contributed by atoms with van der Waals surface area (Å²) in [6.07, 6.45) is 6.49. The van der Waals surface area contributed by atoms with Crippen LogP contribution >= 0.6 is 24.0 Å². The normalized spacial score (nSPS) is 25.6. The molecule has 2 aliphatic rings. The van der Waals surface area contributed by atoms with E-state index in [1.54, 1.807) is 0 Å². The Morgan fingerprint density at radius 3 is 2.50 bits per heavy atom. The molecule has 2 fully saturated rings. The van der Waals surface area contributed by atoms with Gasteiger partial charge in [-0.3, -0.25) is 4.99 Å². The van der Waals surface area contributed by atoms with E-state index in [0.717, 1.165) is 25.6 Å². The monoisotopic (exact) mass is 394 g/mol. The molecule has 0 aliphatic carbocycles. The number of piperidine rings is 2. The largest absolute Gasteiger partial charge is 0.370 e. The lowest BCUT2D eigenvalue weighted by Crippen LogP contribution is -2.43. The second-order valence-electron chi connectivity index (χ2n) is 6.34. The minimum absolute atomic E-state index is 0. The van der Waals surface area contributed by atoms with Gasteiger partial charge in [-0.1, -0.05) is 0 Å². The number of nitrogens with two attached hydrogens (primary N) is 1. The van der Waals surface area contributed by atoms with Gasteiger partial charge in [-0.15, -0.1) is 24.0 Å². The summed E-state index contributed by atoms with van der Waals surface area (Å²) in [5.41, 5.74) is 6.12. The van der Waals surface area contributed by atoms with E-state index in [0.29, 0.717) is 12.0 Å². The van der Waals surface area contributed by atoms with Crippen LogP contribution in [0.1, 0.15) is 46.0 Å². The topological polar surface area (TPSA) is 44.9 Å². The van der Waals surface area contributed by atoms with Crippen molar-refractivity contribution in [2.45, 2.75) is 52.0 Å². The number of nitrogens with zero attached hydrogens (tertiary/aromatic N) is 3. The zero-order valence-corrected chi connectivity index (χ0v) is 15.4. The van der Waals surface area contributed by atoms with E-state index in [9.17, 15) is 0 Å². The van der Waals surface area contributed by atoms with E-state index in [1.165, 1.54) is 45.2 Å². The van der Waals surface area contributed by atoms with Crippen molar-refractivity contribution in [2.75, 3.05) is 32.7 Å². The van der Waals surface area contributed by atoms with Crippen LogP contribution in [0.2, 0.25) is 0 Å². The first kappa shape index (κ1) is 18.0. The molecule has 1 atom stereocenters. The van der Waals surface area contributed by atoms with Gasteiger partial charge >= 0.3 is 0 Å². The second kappa shape index (κ2) is 9.07. The number of rotatable bonds is 3. The fourth-order valence-electron chi connectivity index (χ4n) is 3.16. The third-order valence-electron chi connectivity index (χ3n) is 4.47. The van der Waals surface area contributed by atoms with Gasteiger partial charge in [0.15, 0.2) is 5.96 Å². The van der Waals surface area contributed by atoms with Gasteiger partial charge < -0.3 is 15.5 Å². The number of aliphatic imine (C=N–C) groups is 1. The summed E-state index contributed by atoms with van der Waals surface area (Å²) < 4.78 is 0. The van der Waals surface area contributed by atoms with Crippen molar-refractivity contribution in [3.05, 3.63) is 0 Å². The Hall–Kier alpha value is -0.0400. The molecule has 0 spiro atoms. The minimum atomic E-state index is 0. The van der Waals surface area contributed by atoms with Crippen LogP contribution < -0.4 is 5.73 Å². The first-order chi connectivity index (χ1) is 9.16. The molecule has 0 aromatic rings. The predicted octanol–water partition coefficient (Wildman–Crippen LogP) is 2.53. The van der Waals surface area contributed by atoms with Crippen LogP contribution in [0.4, 0.5) is 0 Å². The van der Waals surface area contributed by atoms with Crippen molar-refractivity contribution in [3.63, 3.8) is 0 Å². The molecule has 20 heavy (non-hydrogen) atoms. The minimum Gasteiger partial charge on any atom is -0.370 e. The summed E-state index contributed by atoms with van der Waals surface area (Å²) in [4.78, 5) is 9.49. The summed E-state index contributed by atoms with van der Waals surface area (Å²) in [6.45, 7) is 10.1. The molecule has 0 amide bonds. The average Bonchev–Trinajstić information content (AvgIpc) is 2.46. The van der Waals surface area contributed by atoms with Gasteiger partial charge in [0.25, 0.3) is 0 Å². The van der Waals surface area contributed by atoms with Gasteiger partial charge in [-0.2, -0.15) is 0 Å². The van der Waals surface area contributed by atoms with Gasteiger partial charge in [0.2, 0.25) is 0 Å². The van der Waals surface area contributed by atoms with E-state index >= 15 is 0 Å². The Morgan fingerprint density at radius 1 is 1.15 bits per heavy atom. The number of hydrogen-bond donors (Lipinski definition) is 1. The highest BCUT2D eigenvalue weighted by Crippen LogP contribution is 2.18. The Labute approximate surface area is 141 Å². The van der Waals surface area contributed by atoms with Gasteiger partial charge in [-0.25, -0.2) is 0 Å². The van der Waals surface area contributed by atoms with Gasteiger partial charge in [0.05, 0.1) is 0 Å². The molecule has 2 N–H and O–H groups in total. The van der Waals surface area contributed by atoms with E-state index in [-0.39, 0.29) is 24.0 Å². The highest BCUT2D eigenvalue weighted by Gasteiger charge is 2.21. The van der Waals surface area contributed by atoms with Crippen LogP contribution in [0.3, 0.4) is 0 Å². The molecule has 5 heteroatoms. The molecular weight excluding hydrogens is 363 g/mol. The molecule has 2 rings (SSSR count). The van der Waals surface area contributed by atoms with Gasteiger partial charge in [-0.05, 0) is 58.4 Å². The summed E-state index contributed by atoms with van der Waals surface area (Å²) >= 11 is 0. The number of likely N-dealkylation sites (tertiary alicyclic amines) is 2. The first-order valence-electron chi connectivity index (χ1n) is 7.95. The van der Waals surface area contributed by atoms with Gasteiger partial charge in [0, 0.05) is 32.2 Å². The molecule has 0 saturated carbocycles. The van der Waals surface area contributed by atoms with E-state index in [4.69, 9.17) is 5.73 Å². The van der Waals surface area contributed by atoms with Crippen molar-refractivity contribution in [1.29, 1.82) is 0 Å². The van der Waals surface area contributed by atoms with Gasteiger partial charge in [0.1, 0.15) is 0 Å². The van der Waals surface area contributed by atoms with Crippen molar-refractivity contribution in [3.8, 4) is 0 Å². The second-order valence-corrected chi connectivity index (χ2v) is 6.34. The smallest absolute Gasteiger partial charge is 0.191 e. The number of hydrogen-bond acceptors (Lipinski definition) is 2. The lowest BCUT2D eigenvalue weighted by atomic mass is 9.97. The first-order valence-corrected chi connectivity index (χ1v) is 7.95. The van der Waals surface area contributed by atoms with E-state index < -0.39 is 0 Å². The molecule has 2 heterocycles. The van der Waals surface area contributed by atoms with E-state index in [1.807, 2.05) is 0 Å². The SMILES string of the molecule is CC(C)N1CCCC(CN=C(N)N2CCCCC2)C1.I. The van der Waals surface area contributed by atoms with Crippen LogP contribution in [-0.4, -0.2) is 54.5 Å². The third-order valence-corrected chi connectivity index (χ3v) is 4.47. The highest BCUT2D eigenvalue weighted by molar-refractivity contribution is 14.0. The summed E-state index contributed by atoms with van der Waals surface area (Å²) in [5.74, 6) is 1.47. The quantitative estimate of drug-likeness (QED) is 0.455. The highest BCUT2D eigenvalue weighted by atomic mass is 127. The van der Waals surface area contributed by atoms with E-state index in [2.05, 4.69) is 28.6 Å².